The zero-order valence-electron chi connectivity index (χ0n) is 11.2. The first-order valence-electron chi connectivity index (χ1n) is 6.16. The lowest BCUT2D eigenvalue weighted by Gasteiger charge is -2.08. The van der Waals surface area contributed by atoms with Crippen LogP contribution in [0.2, 0.25) is 5.02 Å². The Morgan fingerprint density at radius 2 is 2.05 bits per heavy atom. The van der Waals surface area contributed by atoms with E-state index in [1.807, 2.05) is 48.0 Å². The number of anilines is 1. The van der Waals surface area contributed by atoms with Gasteiger partial charge in [-0.1, -0.05) is 17.7 Å². The number of fused-ring (bicyclic) bond motifs is 1. The van der Waals surface area contributed by atoms with Crippen molar-refractivity contribution in [2.75, 3.05) is 12.8 Å². The van der Waals surface area contributed by atoms with E-state index in [0.29, 0.717) is 10.7 Å². The fraction of sp³-hybridized carbons (Fsp3) is 0.133. The highest BCUT2D eigenvalue weighted by Gasteiger charge is 2.14. The van der Waals surface area contributed by atoms with Crippen LogP contribution >= 0.6 is 11.6 Å². The Bertz CT molecular complexity index is 795. The molecule has 0 unspecified atom stereocenters. The Morgan fingerprint density at radius 3 is 2.75 bits per heavy atom. The second kappa shape index (κ2) is 4.72. The molecule has 0 saturated heterocycles. The molecule has 0 fully saturated rings. The summed E-state index contributed by atoms with van der Waals surface area (Å²) >= 11 is 6.24. The van der Waals surface area contributed by atoms with Crippen LogP contribution in [0.3, 0.4) is 0 Å². The first-order chi connectivity index (χ1) is 9.61. The van der Waals surface area contributed by atoms with E-state index < -0.39 is 0 Å². The van der Waals surface area contributed by atoms with Crippen LogP contribution in [0.1, 0.15) is 0 Å². The number of aryl methyl sites for hydroxylation is 1. The van der Waals surface area contributed by atoms with Crippen molar-refractivity contribution in [1.82, 2.24) is 9.55 Å². The van der Waals surface area contributed by atoms with Gasteiger partial charge in [0.05, 0.1) is 23.2 Å². The number of methoxy groups -OCH3 is 1. The molecule has 102 valence electrons. The number of nitrogens with zero attached hydrogens (tertiary/aromatic N) is 2. The second-order valence-electron chi connectivity index (χ2n) is 4.56. The molecule has 1 heterocycles. The fourth-order valence-corrected chi connectivity index (χ4v) is 2.61. The average molecular weight is 288 g/mol. The summed E-state index contributed by atoms with van der Waals surface area (Å²) in [5, 5.41) is 0.671. The van der Waals surface area contributed by atoms with Crippen LogP contribution in [-0.4, -0.2) is 16.7 Å². The molecule has 0 saturated carbocycles. The lowest BCUT2D eigenvalue weighted by molar-refractivity contribution is 0.415. The normalized spacial score (nSPS) is 10.9. The Labute approximate surface area is 121 Å². The molecule has 5 heteroatoms. The first kappa shape index (κ1) is 12.8. The van der Waals surface area contributed by atoms with Crippen molar-refractivity contribution in [2.45, 2.75) is 0 Å². The van der Waals surface area contributed by atoms with Crippen molar-refractivity contribution < 1.29 is 4.74 Å². The molecule has 4 nitrogen and oxygen atoms in total. The topological polar surface area (TPSA) is 53.1 Å². The molecule has 0 amide bonds. The standard InChI is InChI=1S/C15H14ClN3O/c1-19-14-11(16)4-3-5-13(14)18-15(19)10-8-9(20-2)6-7-12(10)17/h3-8H,17H2,1-2H3. The van der Waals surface area contributed by atoms with Gasteiger partial charge in [0, 0.05) is 18.3 Å². The van der Waals surface area contributed by atoms with E-state index in [1.165, 1.54) is 0 Å². The van der Waals surface area contributed by atoms with Gasteiger partial charge in [0.25, 0.3) is 0 Å². The van der Waals surface area contributed by atoms with Gasteiger partial charge in [-0.25, -0.2) is 4.98 Å². The fourth-order valence-electron chi connectivity index (χ4n) is 2.32. The number of halogens is 1. The van der Waals surface area contributed by atoms with Gasteiger partial charge in [-0.05, 0) is 30.3 Å². The number of nitrogens with two attached hydrogens (primary N) is 1. The van der Waals surface area contributed by atoms with Crippen molar-refractivity contribution in [3.05, 3.63) is 41.4 Å². The van der Waals surface area contributed by atoms with Crippen LogP contribution in [-0.2, 0) is 7.05 Å². The summed E-state index contributed by atoms with van der Waals surface area (Å²) in [5.74, 6) is 1.51. The maximum absolute atomic E-state index is 6.24. The summed E-state index contributed by atoms with van der Waals surface area (Å²) in [6, 6.07) is 11.2. The molecule has 0 aliphatic carbocycles. The third kappa shape index (κ3) is 1.89. The Balaban J connectivity index is 2.30. The maximum atomic E-state index is 6.24. The van der Waals surface area contributed by atoms with Crippen LogP contribution in [0.25, 0.3) is 22.4 Å². The Morgan fingerprint density at radius 1 is 1.25 bits per heavy atom. The first-order valence-corrected chi connectivity index (χ1v) is 6.54. The highest BCUT2D eigenvalue weighted by atomic mass is 35.5. The third-order valence-corrected chi connectivity index (χ3v) is 3.65. The van der Waals surface area contributed by atoms with Crippen molar-refractivity contribution >= 4 is 28.3 Å². The highest BCUT2D eigenvalue weighted by molar-refractivity contribution is 6.35. The molecule has 0 bridgehead atoms. The van der Waals surface area contributed by atoms with Gasteiger partial charge >= 0.3 is 0 Å². The molecule has 0 radical (unpaired) electrons. The minimum atomic E-state index is 0.653. The van der Waals surface area contributed by atoms with Crippen molar-refractivity contribution in [2.24, 2.45) is 7.05 Å². The third-order valence-electron chi connectivity index (χ3n) is 3.35. The number of hydrogen-bond donors (Lipinski definition) is 1. The Hall–Kier alpha value is -2.20. The lowest BCUT2D eigenvalue weighted by Crippen LogP contribution is -1.98. The molecule has 3 rings (SSSR count). The van der Waals surface area contributed by atoms with Gasteiger partial charge in [-0.2, -0.15) is 0 Å². The van der Waals surface area contributed by atoms with E-state index in [1.54, 1.807) is 7.11 Å². The van der Waals surface area contributed by atoms with E-state index in [9.17, 15) is 0 Å². The number of rotatable bonds is 2. The molecular formula is C15H14ClN3O. The molecule has 3 aromatic rings. The number of ether oxygens (including phenoxy) is 1. The summed E-state index contributed by atoms with van der Waals surface area (Å²) in [6.45, 7) is 0. The number of benzene rings is 2. The maximum Gasteiger partial charge on any atom is 0.143 e. The summed E-state index contributed by atoms with van der Waals surface area (Å²) in [6.07, 6.45) is 0. The van der Waals surface area contributed by atoms with Crippen LogP contribution in [0.4, 0.5) is 5.69 Å². The molecule has 0 aliphatic heterocycles. The molecular weight excluding hydrogens is 274 g/mol. The lowest BCUT2D eigenvalue weighted by atomic mass is 10.1. The number of para-hydroxylation sites is 1. The molecule has 0 aliphatic rings. The van der Waals surface area contributed by atoms with Gasteiger partial charge in [-0.3, -0.25) is 0 Å². The number of hydrogen-bond acceptors (Lipinski definition) is 3. The molecule has 20 heavy (non-hydrogen) atoms. The average Bonchev–Trinajstić information content (AvgIpc) is 2.78. The van der Waals surface area contributed by atoms with Crippen LogP contribution < -0.4 is 10.5 Å². The molecule has 2 N–H and O–H groups in total. The largest absolute Gasteiger partial charge is 0.497 e. The van der Waals surface area contributed by atoms with Crippen molar-refractivity contribution in [1.29, 1.82) is 0 Å². The monoisotopic (exact) mass is 287 g/mol. The van der Waals surface area contributed by atoms with Gasteiger partial charge in [-0.15, -0.1) is 0 Å². The second-order valence-corrected chi connectivity index (χ2v) is 4.96. The summed E-state index contributed by atoms with van der Waals surface area (Å²) in [7, 11) is 3.55. The van der Waals surface area contributed by atoms with E-state index in [4.69, 9.17) is 22.1 Å². The minimum Gasteiger partial charge on any atom is -0.497 e. The SMILES string of the molecule is COc1ccc(N)c(-c2nc3cccc(Cl)c3n2C)c1. The number of aromatic nitrogens is 2. The van der Waals surface area contributed by atoms with Crippen molar-refractivity contribution in [3.8, 4) is 17.1 Å². The van der Waals surface area contributed by atoms with Gasteiger partial charge in [0.1, 0.15) is 11.6 Å². The van der Waals surface area contributed by atoms with E-state index in [0.717, 1.165) is 28.2 Å². The van der Waals surface area contributed by atoms with Gasteiger partial charge in [0.2, 0.25) is 0 Å². The van der Waals surface area contributed by atoms with E-state index in [-0.39, 0.29) is 0 Å². The predicted octanol–water partition coefficient (Wildman–Crippen LogP) is 3.48. The smallest absolute Gasteiger partial charge is 0.143 e. The predicted molar refractivity (Wildman–Crippen MR) is 82.1 cm³/mol. The molecule has 1 aromatic heterocycles. The highest BCUT2D eigenvalue weighted by Crippen LogP contribution is 2.33. The zero-order chi connectivity index (χ0) is 14.3. The molecule has 2 aromatic carbocycles. The summed E-state index contributed by atoms with van der Waals surface area (Å²) in [4.78, 5) is 4.62. The number of imidazole rings is 1. The van der Waals surface area contributed by atoms with E-state index in [2.05, 4.69) is 4.98 Å². The van der Waals surface area contributed by atoms with Crippen LogP contribution in [0, 0.1) is 0 Å². The number of nitrogen functional groups attached to an aromatic ring is 1. The molecule has 0 atom stereocenters. The Kier molecular flexibility index (Phi) is 3.03. The minimum absolute atomic E-state index is 0.653. The van der Waals surface area contributed by atoms with Gasteiger partial charge in [0.15, 0.2) is 0 Å². The zero-order valence-corrected chi connectivity index (χ0v) is 12.0. The van der Waals surface area contributed by atoms with Crippen molar-refractivity contribution in [3.63, 3.8) is 0 Å². The van der Waals surface area contributed by atoms with Crippen LogP contribution in [0.15, 0.2) is 36.4 Å². The van der Waals surface area contributed by atoms with Crippen LogP contribution in [0.5, 0.6) is 5.75 Å². The van der Waals surface area contributed by atoms with Gasteiger partial charge < -0.3 is 15.0 Å². The summed E-state index contributed by atoms with van der Waals surface area (Å²) in [5.41, 5.74) is 9.29. The van der Waals surface area contributed by atoms with E-state index >= 15 is 0 Å². The summed E-state index contributed by atoms with van der Waals surface area (Å²) < 4.78 is 7.20. The quantitative estimate of drug-likeness (QED) is 0.734. The molecule has 0 spiro atoms.